The van der Waals surface area contributed by atoms with Crippen molar-refractivity contribution in [3.63, 3.8) is 0 Å². The summed E-state index contributed by atoms with van der Waals surface area (Å²) in [7, 11) is 3.54. The van der Waals surface area contributed by atoms with E-state index in [1.165, 1.54) is 0 Å². The maximum Gasteiger partial charge on any atom is 0.319 e. The largest absolute Gasteiger partial charge is 0.376 e. The van der Waals surface area contributed by atoms with Crippen LogP contribution in [0.3, 0.4) is 0 Å². The van der Waals surface area contributed by atoms with Gasteiger partial charge in [0.25, 0.3) is 0 Å². The average Bonchev–Trinajstić information content (AvgIpc) is 3.04. The van der Waals surface area contributed by atoms with Crippen LogP contribution in [-0.2, 0) is 4.74 Å². The summed E-state index contributed by atoms with van der Waals surface area (Å²) in [6.45, 7) is 3.12. The topological polar surface area (TPSA) is 71.7 Å². The van der Waals surface area contributed by atoms with Gasteiger partial charge in [-0.05, 0) is 19.8 Å². The summed E-state index contributed by atoms with van der Waals surface area (Å²) in [5.41, 5.74) is 0. The van der Waals surface area contributed by atoms with E-state index in [2.05, 4.69) is 10.1 Å². The highest BCUT2D eigenvalue weighted by Gasteiger charge is 2.44. The molecular formula is C13H20N4O3. The third kappa shape index (κ3) is 2.26. The van der Waals surface area contributed by atoms with Gasteiger partial charge >= 0.3 is 6.03 Å². The molecule has 3 atom stereocenters. The molecule has 0 spiro atoms. The number of likely N-dealkylation sites (tertiary alicyclic amines) is 1. The number of urea groups is 1. The van der Waals surface area contributed by atoms with Gasteiger partial charge in [-0.3, -0.25) is 0 Å². The molecule has 2 fully saturated rings. The van der Waals surface area contributed by atoms with Gasteiger partial charge in [-0.1, -0.05) is 5.16 Å². The lowest BCUT2D eigenvalue weighted by molar-refractivity contribution is 0.0222. The maximum absolute atomic E-state index is 12.4. The number of nitrogens with zero attached hydrogens (tertiary/aromatic N) is 4. The Morgan fingerprint density at radius 1 is 1.45 bits per heavy atom. The third-order valence-electron chi connectivity index (χ3n) is 4.03. The molecule has 0 aliphatic carbocycles. The molecule has 0 aromatic carbocycles. The minimum atomic E-state index is 0.0198. The second-order valence-electron chi connectivity index (χ2n) is 5.71. The molecule has 3 rings (SSSR count). The number of rotatable bonds is 1. The highest BCUT2D eigenvalue weighted by molar-refractivity contribution is 5.74. The van der Waals surface area contributed by atoms with Crippen molar-refractivity contribution in [2.75, 3.05) is 27.2 Å². The van der Waals surface area contributed by atoms with Gasteiger partial charge in [0.15, 0.2) is 5.82 Å². The van der Waals surface area contributed by atoms with Crippen LogP contribution in [-0.4, -0.2) is 65.4 Å². The van der Waals surface area contributed by atoms with Crippen LogP contribution in [0.15, 0.2) is 4.52 Å². The fourth-order valence-electron chi connectivity index (χ4n) is 3.08. The Morgan fingerprint density at radius 2 is 2.25 bits per heavy atom. The van der Waals surface area contributed by atoms with Gasteiger partial charge < -0.3 is 19.1 Å². The number of ether oxygens (including phenoxy) is 1. The van der Waals surface area contributed by atoms with Crippen molar-refractivity contribution in [3.8, 4) is 0 Å². The quantitative estimate of drug-likeness (QED) is 0.767. The van der Waals surface area contributed by atoms with Gasteiger partial charge in [-0.25, -0.2) is 4.79 Å². The van der Waals surface area contributed by atoms with Crippen LogP contribution in [0.2, 0.25) is 0 Å². The van der Waals surface area contributed by atoms with E-state index in [1.54, 1.807) is 25.9 Å². The molecule has 2 aliphatic rings. The van der Waals surface area contributed by atoms with Crippen LogP contribution in [0.25, 0.3) is 0 Å². The average molecular weight is 280 g/mol. The van der Waals surface area contributed by atoms with Gasteiger partial charge in [0.1, 0.15) is 0 Å². The van der Waals surface area contributed by atoms with Gasteiger partial charge in [0, 0.05) is 27.2 Å². The van der Waals surface area contributed by atoms with Crippen molar-refractivity contribution in [3.05, 3.63) is 11.7 Å². The number of hydrogen-bond donors (Lipinski definition) is 0. The lowest BCUT2D eigenvalue weighted by atomic mass is 9.90. The highest BCUT2D eigenvalue weighted by Crippen LogP contribution is 2.35. The zero-order valence-corrected chi connectivity index (χ0v) is 12.1. The van der Waals surface area contributed by atoms with Crippen LogP contribution in [0.1, 0.15) is 30.5 Å². The summed E-state index contributed by atoms with van der Waals surface area (Å²) in [6.07, 6.45) is 1.81. The van der Waals surface area contributed by atoms with Gasteiger partial charge in [0.05, 0.1) is 18.1 Å². The van der Waals surface area contributed by atoms with E-state index in [-0.39, 0.29) is 24.1 Å². The van der Waals surface area contributed by atoms with E-state index in [1.807, 2.05) is 4.90 Å². The summed E-state index contributed by atoms with van der Waals surface area (Å²) in [6, 6.07) is 0.191. The van der Waals surface area contributed by atoms with Crippen LogP contribution >= 0.6 is 0 Å². The Kier molecular flexibility index (Phi) is 3.37. The smallest absolute Gasteiger partial charge is 0.319 e. The molecule has 2 amide bonds. The normalized spacial score (nSPS) is 29.4. The maximum atomic E-state index is 12.4. The van der Waals surface area contributed by atoms with Crippen molar-refractivity contribution >= 4 is 6.03 Å². The summed E-state index contributed by atoms with van der Waals surface area (Å²) >= 11 is 0. The Balaban J connectivity index is 1.83. The Bertz CT molecular complexity index is 502. The summed E-state index contributed by atoms with van der Waals surface area (Å²) in [5, 5.41) is 3.84. The molecule has 3 heterocycles. The molecule has 110 valence electrons. The molecule has 1 aromatic rings. The van der Waals surface area contributed by atoms with Gasteiger partial charge in [0.2, 0.25) is 5.89 Å². The monoisotopic (exact) mass is 280 g/mol. The molecule has 20 heavy (non-hydrogen) atoms. The predicted octanol–water partition coefficient (Wildman–Crippen LogP) is 1.01. The van der Waals surface area contributed by atoms with E-state index in [0.29, 0.717) is 24.9 Å². The van der Waals surface area contributed by atoms with Crippen LogP contribution in [0.4, 0.5) is 4.79 Å². The molecule has 0 radical (unpaired) electrons. The predicted molar refractivity (Wildman–Crippen MR) is 70.3 cm³/mol. The van der Waals surface area contributed by atoms with Crippen molar-refractivity contribution in [2.45, 2.75) is 37.8 Å². The first-order valence-corrected chi connectivity index (χ1v) is 6.96. The number of aromatic nitrogens is 2. The number of aryl methyl sites for hydroxylation is 1. The van der Waals surface area contributed by atoms with E-state index in [4.69, 9.17) is 9.26 Å². The Hall–Kier alpha value is -1.63. The summed E-state index contributed by atoms with van der Waals surface area (Å²) < 4.78 is 11.0. The van der Waals surface area contributed by atoms with Gasteiger partial charge in [-0.2, -0.15) is 4.98 Å². The highest BCUT2D eigenvalue weighted by atomic mass is 16.5. The summed E-state index contributed by atoms with van der Waals surface area (Å²) in [5.74, 6) is 1.28. The first kappa shape index (κ1) is 13.4. The molecule has 2 saturated heterocycles. The molecular weight excluding hydrogens is 260 g/mol. The molecule has 2 aliphatic heterocycles. The first-order chi connectivity index (χ1) is 9.56. The van der Waals surface area contributed by atoms with Crippen LogP contribution in [0.5, 0.6) is 0 Å². The standard InChI is InChI=1S/C13H20N4O3/c1-8-14-12(20-15-8)9-6-11-10(4-5-19-11)17(7-9)13(18)16(2)3/h9-11H,4-7H2,1-3H3/t9-,10+,11+/m0/s1. The minimum Gasteiger partial charge on any atom is -0.376 e. The fraction of sp³-hybridized carbons (Fsp3) is 0.769. The van der Waals surface area contributed by atoms with Crippen LogP contribution in [0, 0.1) is 6.92 Å². The third-order valence-corrected chi connectivity index (χ3v) is 4.03. The van der Waals surface area contributed by atoms with E-state index >= 15 is 0 Å². The Labute approximate surface area is 117 Å². The summed E-state index contributed by atoms with van der Waals surface area (Å²) in [4.78, 5) is 20.2. The van der Waals surface area contributed by atoms with E-state index in [9.17, 15) is 4.79 Å². The molecule has 0 unspecified atom stereocenters. The zero-order valence-electron chi connectivity index (χ0n) is 12.1. The number of hydrogen-bond acceptors (Lipinski definition) is 5. The SMILES string of the molecule is Cc1noc([C@H]2C[C@H]3OCC[C@H]3N(C(=O)N(C)C)C2)n1. The molecule has 7 heteroatoms. The molecule has 0 N–H and O–H groups in total. The van der Waals surface area contributed by atoms with E-state index < -0.39 is 0 Å². The lowest BCUT2D eigenvalue weighted by Crippen LogP contribution is -2.54. The van der Waals surface area contributed by atoms with E-state index in [0.717, 1.165) is 12.8 Å². The number of piperidine rings is 1. The zero-order chi connectivity index (χ0) is 14.3. The fourth-order valence-corrected chi connectivity index (χ4v) is 3.08. The Morgan fingerprint density at radius 3 is 2.90 bits per heavy atom. The van der Waals surface area contributed by atoms with Gasteiger partial charge in [-0.15, -0.1) is 0 Å². The number of amides is 2. The number of fused-ring (bicyclic) bond motifs is 1. The molecule has 1 aromatic heterocycles. The molecule has 7 nitrogen and oxygen atoms in total. The number of carbonyl (C=O) groups is 1. The lowest BCUT2D eigenvalue weighted by Gasteiger charge is -2.40. The van der Waals surface area contributed by atoms with Crippen molar-refractivity contribution in [1.82, 2.24) is 19.9 Å². The second-order valence-corrected chi connectivity index (χ2v) is 5.71. The van der Waals surface area contributed by atoms with Crippen molar-refractivity contribution in [2.24, 2.45) is 0 Å². The number of carbonyl (C=O) groups excluding carboxylic acids is 1. The molecule has 0 bridgehead atoms. The van der Waals surface area contributed by atoms with Crippen LogP contribution < -0.4 is 0 Å². The van der Waals surface area contributed by atoms with Crippen molar-refractivity contribution < 1.29 is 14.1 Å². The first-order valence-electron chi connectivity index (χ1n) is 6.96. The second kappa shape index (κ2) is 5.05. The molecule has 0 saturated carbocycles. The van der Waals surface area contributed by atoms with Crippen molar-refractivity contribution in [1.29, 1.82) is 0 Å². The minimum absolute atomic E-state index is 0.0198.